The van der Waals surface area contributed by atoms with Gasteiger partial charge < -0.3 is 9.88 Å². The van der Waals surface area contributed by atoms with Gasteiger partial charge in [0.15, 0.2) is 0 Å². The highest BCUT2D eigenvalue weighted by atomic mass is 15.2. The predicted octanol–water partition coefficient (Wildman–Crippen LogP) is 1.32. The number of imidazole rings is 1. The lowest BCUT2D eigenvalue weighted by Crippen LogP contribution is -2.31. The van der Waals surface area contributed by atoms with Gasteiger partial charge in [-0.15, -0.1) is 0 Å². The molecule has 0 unspecified atom stereocenters. The summed E-state index contributed by atoms with van der Waals surface area (Å²) in [5.41, 5.74) is 0. The van der Waals surface area contributed by atoms with E-state index in [0.29, 0.717) is 0 Å². The molecule has 1 N–H and O–H groups in total. The number of nitrogens with one attached hydrogen (secondary N) is 1. The quantitative estimate of drug-likeness (QED) is 0.765. The van der Waals surface area contributed by atoms with Gasteiger partial charge in [-0.1, -0.05) is 6.92 Å². The minimum Gasteiger partial charge on any atom is -0.354 e. The van der Waals surface area contributed by atoms with Crippen molar-refractivity contribution in [3.05, 3.63) is 12.4 Å². The van der Waals surface area contributed by atoms with Gasteiger partial charge in [-0.2, -0.15) is 0 Å². The van der Waals surface area contributed by atoms with Crippen LogP contribution >= 0.6 is 0 Å². The van der Waals surface area contributed by atoms with Crippen molar-refractivity contribution in [3.8, 4) is 0 Å². The van der Waals surface area contributed by atoms with Crippen LogP contribution < -0.4 is 5.32 Å². The van der Waals surface area contributed by atoms with Crippen molar-refractivity contribution in [1.82, 2.24) is 14.5 Å². The third kappa shape index (κ3) is 2.72. The largest absolute Gasteiger partial charge is 0.354 e. The molecule has 1 aliphatic rings. The van der Waals surface area contributed by atoms with Crippen LogP contribution in [0.3, 0.4) is 0 Å². The van der Waals surface area contributed by atoms with Gasteiger partial charge >= 0.3 is 0 Å². The number of aryl methyl sites for hydroxylation is 1. The summed E-state index contributed by atoms with van der Waals surface area (Å²) in [7, 11) is 2.01. The van der Waals surface area contributed by atoms with E-state index in [9.17, 15) is 0 Å². The van der Waals surface area contributed by atoms with Crippen molar-refractivity contribution in [2.75, 3.05) is 25.0 Å². The van der Waals surface area contributed by atoms with Gasteiger partial charge in [0.25, 0.3) is 0 Å². The first-order valence-electron chi connectivity index (χ1n) is 5.76. The van der Waals surface area contributed by atoms with Crippen LogP contribution in [0.15, 0.2) is 12.4 Å². The highest BCUT2D eigenvalue weighted by Crippen LogP contribution is 2.25. The van der Waals surface area contributed by atoms with Crippen molar-refractivity contribution in [3.63, 3.8) is 0 Å². The average molecular weight is 208 g/mol. The van der Waals surface area contributed by atoms with E-state index < -0.39 is 0 Å². The highest BCUT2D eigenvalue weighted by Gasteiger charge is 2.27. The lowest BCUT2D eigenvalue weighted by Gasteiger charge is -2.19. The van der Waals surface area contributed by atoms with Crippen molar-refractivity contribution >= 4 is 5.95 Å². The van der Waals surface area contributed by atoms with Crippen LogP contribution in [0.25, 0.3) is 0 Å². The summed E-state index contributed by atoms with van der Waals surface area (Å²) in [5.74, 6) is 0.960. The molecule has 2 rings (SSSR count). The Hall–Kier alpha value is -1.03. The number of anilines is 1. The molecule has 0 atom stereocenters. The SMILES string of the molecule is CCN(CCNc1nccn1C)C1CC1. The van der Waals surface area contributed by atoms with Gasteiger partial charge in [-0.05, 0) is 19.4 Å². The molecule has 0 spiro atoms. The van der Waals surface area contributed by atoms with E-state index in [1.807, 2.05) is 24.0 Å². The predicted molar refractivity (Wildman–Crippen MR) is 62.0 cm³/mol. The molecule has 1 heterocycles. The van der Waals surface area contributed by atoms with Crippen LogP contribution in [0.5, 0.6) is 0 Å². The Bertz CT molecular complexity index is 303. The molecule has 0 aromatic carbocycles. The molecule has 4 heteroatoms. The van der Waals surface area contributed by atoms with Crippen LogP contribution in [0, 0.1) is 0 Å². The molecule has 1 fully saturated rings. The summed E-state index contributed by atoms with van der Waals surface area (Å²) < 4.78 is 2.01. The number of hydrogen-bond acceptors (Lipinski definition) is 3. The van der Waals surface area contributed by atoms with Crippen LogP contribution in [-0.2, 0) is 7.05 Å². The normalized spacial score (nSPS) is 15.9. The molecule has 0 aliphatic heterocycles. The minimum absolute atomic E-state index is 0.859. The molecule has 0 bridgehead atoms. The van der Waals surface area contributed by atoms with Crippen LogP contribution in [-0.4, -0.2) is 40.1 Å². The van der Waals surface area contributed by atoms with E-state index in [2.05, 4.69) is 22.1 Å². The number of hydrogen-bond donors (Lipinski definition) is 1. The van der Waals surface area contributed by atoms with Crippen LogP contribution in [0.1, 0.15) is 19.8 Å². The Morgan fingerprint density at radius 1 is 1.60 bits per heavy atom. The lowest BCUT2D eigenvalue weighted by molar-refractivity contribution is 0.288. The van der Waals surface area contributed by atoms with Crippen molar-refractivity contribution in [2.24, 2.45) is 7.05 Å². The van der Waals surface area contributed by atoms with Crippen LogP contribution in [0.4, 0.5) is 5.95 Å². The van der Waals surface area contributed by atoms with Gasteiger partial charge in [0.05, 0.1) is 0 Å². The van der Waals surface area contributed by atoms with Crippen LogP contribution in [0.2, 0.25) is 0 Å². The second-order valence-corrected chi connectivity index (χ2v) is 4.15. The summed E-state index contributed by atoms with van der Waals surface area (Å²) in [6, 6.07) is 0.859. The van der Waals surface area contributed by atoms with E-state index >= 15 is 0 Å². The Morgan fingerprint density at radius 3 is 2.93 bits per heavy atom. The van der Waals surface area contributed by atoms with Gasteiger partial charge in [0.2, 0.25) is 5.95 Å². The van der Waals surface area contributed by atoms with E-state index in [0.717, 1.165) is 31.6 Å². The Labute approximate surface area is 91.3 Å². The minimum atomic E-state index is 0.859. The first kappa shape index (κ1) is 10.5. The molecule has 15 heavy (non-hydrogen) atoms. The summed E-state index contributed by atoms with van der Waals surface area (Å²) >= 11 is 0. The third-order valence-corrected chi connectivity index (χ3v) is 2.97. The molecule has 4 nitrogen and oxygen atoms in total. The fourth-order valence-electron chi connectivity index (χ4n) is 1.89. The van der Waals surface area contributed by atoms with Crippen molar-refractivity contribution in [2.45, 2.75) is 25.8 Å². The van der Waals surface area contributed by atoms with E-state index in [1.165, 1.54) is 12.8 Å². The molecular weight excluding hydrogens is 188 g/mol. The van der Waals surface area contributed by atoms with E-state index in [1.54, 1.807) is 0 Å². The average Bonchev–Trinajstić information content (AvgIpc) is 2.99. The maximum Gasteiger partial charge on any atom is 0.202 e. The Balaban J connectivity index is 1.72. The number of nitrogens with zero attached hydrogens (tertiary/aromatic N) is 3. The zero-order valence-electron chi connectivity index (χ0n) is 9.61. The second-order valence-electron chi connectivity index (χ2n) is 4.15. The summed E-state index contributed by atoms with van der Waals surface area (Å²) in [6.07, 6.45) is 6.55. The molecule has 1 aliphatic carbocycles. The second kappa shape index (κ2) is 4.66. The van der Waals surface area contributed by atoms with E-state index in [-0.39, 0.29) is 0 Å². The lowest BCUT2D eigenvalue weighted by atomic mass is 10.4. The molecule has 0 saturated heterocycles. The Kier molecular flexibility index (Phi) is 3.26. The molecule has 84 valence electrons. The zero-order valence-corrected chi connectivity index (χ0v) is 9.61. The monoisotopic (exact) mass is 208 g/mol. The van der Waals surface area contributed by atoms with Crippen molar-refractivity contribution < 1.29 is 0 Å². The summed E-state index contributed by atoms with van der Waals surface area (Å²) in [5, 5.41) is 3.35. The number of rotatable bonds is 6. The first-order valence-corrected chi connectivity index (χ1v) is 5.76. The number of aromatic nitrogens is 2. The highest BCUT2D eigenvalue weighted by molar-refractivity contribution is 5.24. The van der Waals surface area contributed by atoms with Crippen molar-refractivity contribution in [1.29, 1.82) is 0 Å². The molecule has 1 aromatic rings. The number of likely N-dealkylation sites (N-methyl/N-ethyl adjacent to an activating group) is 1. The standard InChI is InChI=1S/C11H20N4/c1-3-15(10-4-5-10)9-7-13-11-12-6-8-14(11)2/h6,8,10H,3-5,7,9H2,1-2H3,(H,12,13). The molecule has 1 aromatic heterocycles. The van der Waals surface area contributed by atoms with Gasteiger partial charge in [-0.25, -0.2) is 4.98 Å². The fraction of sp³-hybridized carbons (Fsp3) is 0.727. The maximum atomic E-state index is 4.23. The fourth-order valence-corrected chi connectivity index (χ4v) is 1.89. The zero-order chi connectivity index (χ0) is 10.7. The molecular formula is C11H20N4. The smallest absolute Gasteiger partial charge is 0.202 e. The summed E-state index contributed by atoms with van der Waals surface area (Å²) in [6.45, 7) is 5.50. The molecule has 1 saturated carbocycles. The summed E-state index contributed by atoms with van der Waals surface area (Å²) in [4.78, 5) is 6.77. The Morgan fingerprint density at radius 2 is 2.40 bits per heavy atom. The van der Waals surface area contributed by atoms with Gasteiger partial charge in [0, 0.05) is 38.6 Å². The van der Waals surface area contributed by atoms with E-state index in [4.69, 9.17) is 0 Å². The maximum absolute atomic E-state index is 4.23. The topological polar surface area (TPSA) is 33.1 Å². The molecule has 0 amide bonds. The third-order valence-electron chi connectivity index (χ3n) is 2.97. The first-order chi connectivity index (χ1) is 7.31. The van der Waals surface area contributed by atoms with Gasteiger partial charge in [-0.3, -0.25) is 4.90 Å². The van der Waals surface area contributed by atoms with Gasteiger partial charge in [0.1, 0.15) is 0 Å². The molecule has 0 radical (unpaired) electrons.